The fraction of sp³-hybridized carbons (Fsp3) is 0.458. The zero-order chi connectivity index (χ0) is 20.1. The van der Waals surface area contributed by atoms with Crippen LogP contribution in [0.5, 0.6) is 11.5 Å². The van der Waals surface area contributed by atoms with Gasteiger partial charge in [0.2, 0.25) is 0 Å². The van der Waals surface area contributed by atoms with Crippen molar-refractivity contribution < 1.29 is 14.3 Å². The van der Waals surface area contributed by atoms with E-state index in [4.69, 9.17) is 9.47 Å². The summed E-state index contributed by atoms with van der Waals surface area (Å²) in [5, 5.41) is 3.21. The molecular weight excluding hydrogens is 350 g/mol. The molecule has 0 aromatic heterocycles. The molecule has 0 saturated heterocycles. The highest BCUT2D eigenvalue weighted by molar-refractivity contribution is 5.81. The molecule has 2 atom stereocenters. The highest BCUT2D eigenvalue weighted by Gasteiger charge is 2.39. The molecule has 1 heterocycles. The number of carbonyl (C=O) groups excluding carboxylic acids is 1. The normalized spacial score (nSPS) is 18.5. The van der Waals surface area contributed by atoms with E-state index in [-0.39, 0.29) is 17.6 Å². The average Bonchev–Trinajstić information content (AvgIpc) is 2.73. The molecule has 0 saturated carbocycles. The molecule has 1 N–H and O–H groups in total. The maximum Gasteiger partial charge on any atom is 0.261 e. The topological polar surface area (TPSA) is 47.6 Å². The number of amides is 1. The minimum atomic E-state index is -0.569. The van der Waals surface area contributed by atoms with E-state index in [1.54, 1.807) is 6.92 Å². The van der Waals surface area contributed by atoms with E-state index >= 15 is 0 Å². The maximum absolute atomic E-state index is 12.9. The molecule has 150 valence electrons. The number of aryl methyl sites for hydroxylation is 1. The molecule has 0 unspecified atom stereocenters. The molecule has 1 aliphatic rings. The highest BCUT2D eigenvalue weighted by atomic mass is 16.5. The molecule has 4 nitrogen and oxygen atoms in total. The summed E-state index contributed by atoms with van der Waals surface area (Å²) < 4.78 is 12.3. The van der Waals surface area contributed by atoms with Crippen molar-refractivity contribution in [1.82, 2.24) is 5.32 Å². The van der Waals surface area contributed by atoms with E-state index in [0.717, 1.165) is 48.3 Å². The number of rotatable bonds is 7. The van der Waals surface area contributed by atoms with Crippen molar-refractivity contribution in [2.24, 2.45) is 0 Å². The van der Waals surface area contributed by atoms with Crippen molar-refractivity contribution in [3.05, 3.63) is 59.7 Å². The van der Waals surface area contributed by atoms with Gasteiger partial charge in [-0.1, -0.05) is 57.2 Å². The second kappa shape index (κ2) is 8.68. The van der Waals surface area contributed by atoms with Gasteiger partial charge in [0.15, 0.2) is 6.10 Å². The quantitative estimate of drug-likeness (QED) is 0.716. The summed E-state index contributed by atoms with van der Waals surface area (Å²) in [7, 11) is 0. The Hall–Kier alpha value is -2.49. The summed E-state index contributed by atoms with van der Waals surface area (Å²) in [6.07, 6.45) is 2.87. The summed E-state index contributed by atoms with van der Waals surface area (Å²) in [5.41, 5.74) is 1.90. The van der Waals surface area contributed by atoms with Crippen molar-refractivity contribution in [2.45, 2.75) is 71.1 Å². The van der Waals surface area contributed by atoms with E-state index in [1.807, 2.05) is 48.5 Å². The molecule has 28 heavy (non-hydrogen) atoms. The van der Waals surface area contributed by atoms with Gasteiger partial charge in [0.1, 0.15) is 17.1 Å². The molecule has 0 fully saturated rings. The van der Waals surface area contributed by atoms with Crippen molar-refractivity contribution in [2.75, 3.05) is 0 Å². The highest BCUT2D eigenvalue weighted by Crippen LogP contribution is 2.42. The average molecular weight is 382 g/mol. The molecule has 3 rings (SSSR count). The Morgan fingerprint density at radius 2 is 1.82 bits per heavy atom. The van der Waals surface area contributed by atoms with Gasteiger partial charge in [-0.05, 0) is 43.9 Å². The van der Waals surface area contributed by atoms with Crippen LogP contribution in [0.2, 0.25) is 0 Å². The van der Waals surface area contributed by atoms with Crippen LogP contribution in [0.1, 0.15) is 64.1 Å². The largest absolute Gasteiger partial charge is 0.487 e. The Bertz CT molecular complexity index is 813. The van der Waals surface area contributed by atoms with Crippen LogP contribution in [0.25, 0.3) is 0 Å². The van der Waals surface area contributed by atoms with E-state index in [0.29, 0.717) is 0 Å². The third-order valence-electron chi connectivity index (χ3n) is 5.83. The Morgan fingerprint density at radius 3 is 2.54 bits per heavy atom. The fourth-order valence-corrected chi connectivity index (χ4v) is 3.87. The number of nitrogens with one attached hydrogen (secondary N) is 1. The number of benzene rings is 2. The van der Waals surface area contributed by atoms with Gasteiger partial charge in [0, 0.05) is 12.0 Å². The Morgan fingerprint density at radius 1 is 1.14 bits per heavy atom. The van der Waals surface area contributed by atoms with Crippen LogP contribution in [0, 0.1) is 0 Å². The molecule has 1 aliphatic heterocycles. The van der Waals surface area contributed by atoms with Gasteiger partial charge in [-0.25, -0.2) is 0 Å². The lowest BCUT2D eigenvalue weighted by Crippen LogP contribution is -2.47. The minimum Gasteiger partial charge on any atom is -0.487 e. The van der Waals surface area contributed by atoms with E-state index in [9.17, 15) is 4.79 Å². The number of carbonyl (C=O) groups is 1. The third kappa shape index (κ3) is 4.16. The smallest absolute Gasteiger partial charge is 0.261 e. The zero-order valence-corrected chi connectivity index (χ0v) is 17.3. The molecule has 2 aromatic carbocycles. The lowest BCUT2D eigenvalue weighted by atomic mass is 9.83. The first-order valence-corrected chi connectivity index (χ1v) is 10.3. The van der Waals surface area contributed by atoms with E-state index in [1.165, 1.54) is 0 Å². The molecule has 0 aliphatic carbocycles. The molecule has 0 spiro atoms. The number of para-hydroxylation sites is 2. The number of fused-ring (bicyclic) bond motifs is 1. The zero-order valence-electron chi connectivity index (χ0n) is 17.3. The second-order valence-electron chi connectivity index (χ2n) is 7.52. The van der Waals surface area contributed by atoms with Crippen molar-refractivity contribution in [1.29, 1.82) is 0 Å². The van der Waals surface area contributed by atoms with Gasteiger partial charge in [0.05, 0.1) is 6.04 Å². The summed E-state index contributed by atoms with van der Waals surface area (Å²) in [5.74, 6) is 1.54. The van der Waals surface area contributed by atoms with Crippen LogP contribution >= 0.6 is 0 Å². The number of ether oxygens (including phenoxy) is 2. The fourth-order valence-electron chi connectivity index (χ4n) is 3.87. The van der Waals surface area contributed by atoms with Crippen LogP contribution in [0.15, 0.2) is 48.5 Å². The van der Waals surface area contributed by atoms with Crippen molar-refractivity contribution in [3.63, 3.8) is 0 Å². The lowest BCUT2D eigenvalue weighted by molar-refractivity contribution is -0.128. The molecule has 0 radical (unpaired) electrons. The standard InChI is InChI=1S/C24H31NO3/c1-5-18-12-8-10-14-21(18)27-17(4)23(26)25-20-16-24(6-2,7-3)28-22-15-11-9-13-19(20)22/h8-15,17,20H,5-7,16H2,1-4H3,(H,25,26)/t17-,20+/m1/s1. The third-order valence-corrected chi connectivity index (χ3v) is 5.83. The van der Waals surface area contributed by atoms with Gasteiger partial charge in [0.25, 0.3) is 5.91 Å². The number of hydrogen-bond acceptors (Lipinski definition) is 3. The summed E-state index contributed by atoms with van der Waals surface area (Å²) in [4.78, 5) is 12.9. The van der Waals surface area contributed by atoms with Crippen LogP contribution in [0.4, 0.5) is 0 Å². The summed E-state index contributed by atoms with van der Waals surface area (Å²) in [6, 6.07) is 15.8. The summed E-state index contributed by atoms with van der Waals surface area (Å²) >= 11 is 0. The maximum atomic E-state index is 12.9. The summed E-state index contributed by atoms with van der Waals surface area (Å²) in [6.45, 7) is 8.17. The van der Waals surface area contributed by atoms with Gasteiger partial charge < -0.3 is 14.8 Å². The van der Waals surface area contributed by atoms with Crippen LogP contribution in [-0.2, 0) is 11.2 Å². The predicted molar refractivity (Wildman–Crippen MR) is 112 cm³/mol. The second-order valence-corrected chi connectivity index (χ2v) is 7.52. The van der Waals surface area contributed by atoms with Crippen molar-refractivity contribution in [3.8, 4) is 11.5 Å². The Balaban J connectivity index is 1.77. The van der Waals surface area contributed by atoms with Gasteiger partial charge in [-0.15, -0.1) is 0 Å². The first kappa shape index (κ1) is 20.2. The monoisotopic (exact) mass is 381 g/mol. The molecular formula is C24H31NO3. The first-order chi connectivity index (χ1) is 13.5. The van der Waals surface area contributed by atoms with E-state index in [2.05, 4.69) is 26.1 Å². The van der Waals surface area contributed by atoms with Crippen LogP contribution in [-0.4, -0.2) is 17.6 Å². The van der Waals surface area contributed by atoms with Crippen LogP contribution < -0.4 is 14.8 Å². The van der Waals surface area contributed by atoms with Crippen molar-refractivity contribution >= 4 is 5.91 Å². The predicted octanol–water partition coefficient (Wildman–Crippen LogP) is 5.22. The molecule has 4 heteroatoms. The van der Waals surface area contributed by atoms with Gasteiger partial charge in [-0.3, -0.25) is 4.79 Å². The Labute approximate surface area is 168 Å². The lowest BCUT2D eigenvalue weighted by Gasteiger charge is -2.41. The van der Waals surface area contributed by atoms with Gasteiger partial charge in [-0.2, -0.15) is 0 Å². The number of hydrogen-bond donors (Lipinski definition) is 1. The molecule has 2 aromatic rings. The van der Waals surface area contributed by atoms with Gasteiger partial charge >= 0.3 is 0 Å². The molecule has 1 amide bonds. The Kier molecular flexibility index (Phi) is 6.28. The van der Waals surface area contributed by atoms with Crippen LogP contribution in [0.3, 0.4) is 0 Å². The first-order valence-electron chi connectivity index (χ1n) is 10.3. The molecule has 0 bridgehead atoms. The van der Waals surface area contributed by atoms with E-state index < -0.39 is 6.10 Å². The SMILES string of the molecule is CCc1ccccc1O[C@H](C)C(=O)N[C@H]1CC(CC)(CC)Oc2ccccc21. The minimum absolute atomic E-state index is 0.0789.